The average Bonchev–Trinajstić information content (AvgIpc) is 2.96. The fraction of sp³-hybridized carbons (Fsp3) is 0.278. The van der Waals surface area contributed by atoms with Crippen molar-refractivity contribution in [2.45, 2.75) is 19.8 Å². The van der Waals surface area contributed by atoms with Gasteiger partial charge in [0.15, 0.2) is 5.82 Å². The zero-order valence-electron chi connectivity index (χ0n) is 15.2. The van der Waals surface area contributed by atoms with Crippen molar-refractivity contribution in [2.75, 3.05) is 24.4 Å². The van der Waals surface area contributed by atoms with Gasteiger partial charge < -0.3 is 15.1 Å². The van der Waals surface area contributed by atoms with Crippen LogP contribution < -0.4 is 10.3 Å². The van der Waals surface area contributed by atoms with Crippen molar-refractivity contribution in [3.8, 4) is 23.1 Å². The van der Waals surface area contributed by atoms with Crippen LogP contribution >= 0.6 is 0 Å². The van der Waals surface area contributed by atoms with Crippen LogP contribution in [-0.2, 0) is 0 Å². The second-order valence-corrected chi connectivity index (χ2v) is 6.50. The number of anilines is 2. The number of benzene rings is 1. The zero-order chi connectivity index (χ0) is 18.8. The molecule has 0 aliphatic carbocycles. The number of hydrogen-bond donors (Lipinski definition) is 3. The van der Waals surface area contributed by atoms with Crippen LogP contribution in [0.3, 0.4) is 0 Å². The Morgan fingerprint density at radius 1 is 1.08 bits per heavy atom. The van der Waals surface area contributed by atoms with Gasteiger partial charge in [-0.15, -0.1) is 5.10 Å². The van der Waals surface area contributed by atoms with Crippen LogP contribution in [-0.4, -0.2) is 44.2 Å². The highest BCUT2D eigenvalue weighted by atomic mass is 16.3. The van der Waals surface area contributed by atoms with E-state index in [1.165, 1.54) is 4.68 Å². The summed E-state index contributed by atoms with van der Waals surface area (Å²) in [5.74, 6) is 1.64. The van der Waals surface area contributed by atoms with Crippen molar-refractivity contribution in [2.24, 2.45) is 0 Å². The molecule has 26 heavy (non-hydrogen) atoms. The van der Waals surface area contributed by atoms with Crippen molar-refractivity contribution in [3.63, 3.8) is 0 Å². The van der Waals surface area contributed by atoms with Gasteiger partial charge in [0.25, 0.3) is 0 Å². The van der Waals surface area contributed by atoms with Crippen LogP contribution in [0.2, 0.25) is 0 Å². The third-order valence-electron chi connectivity index (χ3n) is 4.00. The topological polar surface area (TPSA) is 99.3 Å². The number of hydrogen-bond acceptors (Lipinski definition) is 7. The highest BCUT2D eigenvalue weighted by Gasteiger charge is 2.16. The molecule has 0 radical (unpaired) electrons. The Balaban J connectivity index is 1.96. The minimum absolute atomic E-state index is 0.149. The van der Waals surface area contributed by atoms with Crippen molar-refractivity contribution in [3.05, 3.63) is 42.1 Å². The number of aromatic nitrogens is 4. The Labute approximate surface area is 151 Å². The molecule has 0 fully saturated rings. The van der Waals surface area contributed by atoms with Gasteiger partial charge in [-0.3, -0.25) is 5.43 Å². The lowest BCUT2D eigenvalue weighted by molar-refractivity contribution is 0.414. The molecule has 0 saturated heterocycles. The van der Waals surface area contributed by atoms with E-state index in [1.54, 1.807) is 18.3 Å². The summed E-state index contributed by atoms with van der Waals surface area (Å²) in [4.78, 5) is 6.23. The van der Waals surface area contributed by atoms with Gasteiger partial charge in [-0.05, 0) is 41.8 Å². The van der Waals surface area contributed by atoms with Crippen LogP contribution in [0.4, 0.5) is 11.5 Å². The number of aromatic hydroxyl groups is 2. The molecule has 0 spiro atoms. The zero-order valence-corrected chi connectivity index (χ0v) is 15.2. The van der Waals surface area contributed by atoms with E-state index in [2.05, 4.69) is 20.6 Å². The average molecular weight is 354 g/mol. The molecule has 136 valence electrons. The summed E-state index contributed by atoms with van der Waals surface area (Å²) in [6.07, 6.45) is 1.66. The lowest BCUT2D eigenvalue weighted by atomic mass is 9.99. The summed E-state index contributed by atoms with van der Waals surface area (Å²) in [6.45, 7) is 3.99. The minimum atomic E-state index is -0.268. The molecule has 3 aromatic rings. The number of pyridine rings is 1. The Morgan fingerprint density at radius 2 is 1.85 bits per heavy atom. The molecule has 0 aliphatic rings. The Morgan fingerprint density at radius 3 is 2.46 bits per heavy atom. The third kappa shape index (κ3) is 3.39. The van der Waals surface area contributed by atoms with Gasteiger partial charge in [-0.1, -0.05) is 18.9 Å². The van der Waals surface area contributed by atoms with E-state index in [9.17, 15) is 10.2 Å². The molecule has 8 nitrogen and oxygen atoms in total. The van der Waals surface area contributed by atoms with Gasteiger partial charge in [-0.2, -0.15) is 4.68 Å². The number of phenolic OH excluding ortho intramolecular Hbond substituents is 1. The highest BCUT2D eigenvalue weighted by Crippen LogP contribution is 2.31. The largest absolute Gasteiger partial charge is 0.508 e. The molecule has 3 rings (SSSR count). The number of rotatable bonds is 5. The third-order valence-corrected chi connectivity index (χ3v) is 4.00. The smallest absolute Gasteiger partial charge is 0.334 e. The molecule has 2 aromatic heterocycles. The molecule has 1 aromatic carbocycles. The molecule has 0 atom stereocenters. The van der Waals surface area contributed by atoms with Gasteiger partial charge in [0.05, 0.1) is 11.9 Å². The Kier molecular flexibility index (Phi) is 4.66. The normalized spacial score (nSPS) is 11.0. The first-order valence-electron chi connectivity index (χ1n) is 8.25. The monoisotopic (exact) mass is 354 g/mol. The first-order valence-corrected chi connectivity index (χ1v) is 8.25. The van der Waals surface area contributed by atoms with Gasteiger partial charge in [0.2, 0.25) is 0 Å². The Hall–Kier alpha value is -3.29. The van der Waals surface area contributed by atoms with Crippen LogP contribution in [0, 0.1) is 0 Å². The second kappa shape index (κ2) is 6.91. The number of nitrogens with zero attached hydrogens (tertiary/aromatic N) is 5. The molecular formula is C18H22N6O2. The van der Waals surface area contributed by atoms with Gasteiger partial charge in [0.1, 0.15) is 11.6 Å². The first kappa shape index (κ1) is 17.5. The lowest BCUT2D eigenvalue weighted by Crippen LogP contribution is -2.13. The summed E-state index contributed by atoms with van der Waals surface area (Å²) in [7, 11) is 3.83. The molecule has 0 unspecified atom stereocenters. The van der Waals surface area contributed by atoms with E-state index in [0.29, 0.717) is 11.5 Å². The van der Waals surface area contributed by atoms with Crippen LogP contribution in [0.5, 0.6) is 11.8 Å². The molecule has 3 N–H and O–H groups in total. The van der Waals surface area contributed by atoms with E-state index in [4.69, 9.17) is 0 Å². The van der Waals surface area contributed by atoms with Crippen LogP contribution in [0.1, 0.15) is 25.3 Å². The number of phenols is 1. The second-order valence-electron chi connectivity index (χ2n) is 6.50. The fourth-order valence-corrected chi connectivity index (χ4v) is 2.57. The molecule has 8 heteroatoms. The maximum Gasteiger partial charge on any atom is 0.334 e. The molecule has 2 heterocycles. The maximum atomic E-state index is 10.1. The van der Waals surface area contributed by atoms with E-state index < -0.39 is 0 Å². The predicted octanol–water partition coefficient (Wildman–Crippen LogP) is 2.82. The summed E-state index contributed by atoms with van der Waals surface area (Å²) in [6, 6.07) is 8.64. The van der Waals surface area contributed by atoms with Crippen LogP contribution in [0.25, 0.3) is 11.4 Å². The lowest BCUT2D eigenvalue weighted by Gasteiger charge is -2.14. The van der Waals surface area contributed by atoms with Gasteiger partial charge in [-0.25, -0.2) is 4.98 Å². The molecular weight excluding hydrogens is 332 g/mol. The van der Waals surface area contributed by atoms with E-state index in [1.807, 2.05) is 51.0 Å². The number of nitrogens with one attached hydrogen (secondary N) is 1. The van der Waals surface area contributed by atoms with E-state index in [0.717, 1.165) is 16.9 Å². The summed E-state index contributed by atoms with van der Waals surface area (Å²) >= 11 is 0. The maximum absolute atomic E-state index is 10.1. The van der Waals surface area contributed by atoms with Crippen molar-refractivity contribution in [1.82, 2.24) is 19.9 Å². The van der Waals surface area contributed by atoms with E-state index >= 15 is 0 Å². The van der Waals surface area contributed by atoms with Crippen molar-refractivity contribution in [1.29, 1.82) is 0 Å². The SMILES string of the molecule is CC(C)c1cc(-c2nnc(O)n2Nc2ccc(N(C)C)nc2)ccc1O. The summed E-state index contributed by atoms with van der Waals surface area (Å²) in [5.41, 5.74) is 5.25. The predicted molar refractivity (Wildman–Crippen MR) is 100 cm³/mol. The standard InChI is InChI=1S/C18H22N6O2/c1-11(2)14-9-12(5-7-15(14)25)17-20-21-18(26)24(17)22-13-6-8-16(19-10-13)23(3)4/h5-11,22,25H,1-4H3,(H,21,26). The summed E-state index contributed by atoms with van der Waals surface area (Å²) in [5, 5.41) is 27.9. The fourth-order valence-electron chi connectivity index (χ4n) is 2.57. The van der Waals surface area contributed by atoms with Crippen molar-refractivity contribution < 1.29 is 10.2 Å². The van der Waals surface area contributed by atoms with Gasteiger partial charge in [0, 0.05) is 19.7 Å². The molecule has 0 bridgehead atoms. The van der Waals surface area contributed by atoms with Crippen LogP contribution in [0.15, 0.2) is 36.5 Å². The molecule has 0 saturated carbocycles. The molecule has 0 amide bonds. The summed E-state index contributed by atoms with van der Waals surface area (Å²) < 4.78 is 1.38. The highest BCUT2D eigenvalue weighted by molar-refractivity contribution is 5.61. The van der Waals surface area contributed by atoms with Gasteiger partial charge >= 0.3 is 6.01 Å². The first-order chi connectivity index (χ1) is 12.4. The molecule has 0 aliphatic heterocycles. The van der Waals surface area contributed by atoms with E-state index in [-0.39, 0.29) is 17.7 Å². The van der Waals surface area contributed by atoms with Crippen molar-refractivity contribution >= 4 is 11.5 Å². The minimum Gasteiger partial charge on any atom is -0.508 e. The Bertz CT molecular complexity index is 903. The quantitative estimate of drug-likeness (QED) is 0.648.